The van der Waals surface area contributed by atoms with Gasteiger partial charge in [0.2, 0.25) is 0 Å². The van der Waals surface area contributed by atoms with Crippen LogP contribution in [0.3, 0.4) is 0 Å². The van der Waals surface area contributed by atoms with Crippen LogP contribution in [0.1, 0.15) is 58.8 Å². The number of hydrogen-bond acceptors (Lipinski definition) is 4. The molecule has 2 aliphatic heterocycles. The SMILES string of the molecule is CC1(C)OB(c2ccc3cc(-c4cnc(C5CCCCN5P)[nH]4)ccc3c2)OC1(C)C. The lowest BCUT2D eigenvalue weighted by atomic mass is 9.78. The number of H-pyrrole nitrogens is 1. The first-order chi connectivity index (χ1) is 14.7. The van der Waals surface area contributed by atoms with Crippen molar-refractivity contribution in [3.05, 3.63) is 48.4 Å². The van der Waals surface area contributed by atoms with Gasteiger partial charge in [0.05, 0.1) is 29.1 Å². The molecule has 0 radical (unpaired) electrons. The van der Waals surface area contributed by atoms with Gasteiger partial charge in [-0.1, -0.05) is 46.1 Å². The Labute approximate surface area is 187 Å². The lowest BCUT2D eigenvalue weighted by Crippen LogP contribution is -2.41. The molecule has 5 rings (SSSR count). The minimum atomic E-state index is -0.338. The van der Waals surface area contributed by atoms with E-state index in [9.17, 15) is 0 Å². The molecule has 7 heteroatoms. The molecule has 3 aromatic rings. The van der Waals surface area contributed by atoms with E-state index in [0.717, 1.165) is 35.5 Å². The van der Waals surface area contributed by atoms with Crippen LogP contribution in [0.2, 0.25) is 0 Å². The number of nitrogens with zero attached hydrogens (tertiary/aromatic N) is 2. The normalized spacial score (nSPS) is 23.5. The van der Waals surface area contributed by atoms with Crippen LogP contribution in [-0.4, -0.2) is 39.5 Å². The highest BCUT2D eigenvalue weighted by Gasteiger charge is 2.51. The lowest BCUT2D eigenvalue weighted by molar-refractivity contribution is 0.00578. The van der Waals surface area contributed by atoms with Gasteiger partial charge in [0.25, 0.3) is 0 Å². The van der Waals surface area contributed by atoms with Crippen LogP contribution < -0.4 is 5.46 Å². The summed E-state index contributed by atoms with van der Waals surface area (Å²) >= 11 is 0. The third-order valence-electron chi connectivity index (χ3n) is 7.16. The summed E-state index contributed by atoms with van der Waals surface area (Å²) in [4.78, 5) is 8.26. The Morgan fingerprint density at radius 1 is 1.03 bits per heavy atom. The number of hydrogen-bond donors (Lipinski definition) is 1. The number of piperidine rings is 1. The largest absolute Gasteiger partial charge is 0.494 e. The fourth-order valence-corrected chi connectivity index (χ4v) is 4.93. The molecule has 2 aromatic carbocycles. The molecule has 0 bridgehead atoms. The van der Waals surface area contributed by atoms with Crippen molar-refractivity contribution in [2.75, 3.05) is 6.54 Å². The van der Waals surface area contributed by atoms with Gasteiger partial charge in [-0.3, -0.25) is 4.67 Å². The fourth-order valence-electron chi connectivity index (χ4n) is 4.46. The molecule has 1 aromatic heterocycles. The Bertz CT molecular complexity index is 1100. The van der Waals surface area contributed by atoms with Crippen molar-refractivity contribution >= 4 is 32.7 Å². The summed E-state index contributed by atoms with van der Waals surface area (Å²) in [5, 5.41) is 2.37. The van der Waals surface area contributed by atoms with E-state index < -0.39 is 0 Å². The number of imidazole rings is 1. The van der Waals surface area contributed by atoms with Crippen LogP contribution in [0.25, 0.3) is 22.0 Å². The van der Waals surface area contributed by atoms with Gasteiger partial charge in [-0.05, 0) is 62.8 Å². The summed E-state index contributed by atoms with van der Waals surface area (Å²) in [6.07, 6.45) is 5.62. The molecule has 162 valence electrons. The van der Waals surface area contributed by atoms with Gasteiger partial charge in [0.15, 0.2) is 0 Å². The number of aromatic amines is 1. The third kappa shape index (κ3) is 3.85. The summed E-state index contributed by atoms with van der Waals surface area (Å²) in [6, 6.07) is 13.3. The van der Waals surface area contributed by atoms with Gasteiger partial charge in [0.1, 0.15) is 5.82 Å². The van der Waals surface area contributed by atoms with Crippen LogP contribution >= 0.6 is 9.39 Å². The minimum absolute atomic E-state index is 0.334. The highest BCUT2D eigenvalue weighted by atomic mass is 31.0. The first kappa shape index (κ1) is 21.1. The molecule has 3 heterocycles. The van der Waals surface area contributed by atoms with Gasteiger partial charge < -0.3 is 14.3 Å². The topological polar surface area (TPSA) is 50.4 Å². The highest BCUT2D eigenvalue weighted by Crippen LogP contribution is 2.37. The Morgan fingerprint density at radius 2 is 1.74 bits per heavy atom. The van der Waals surface area contributed by atoms with Crippen molar-refractivity contribution in [1.29, 1.82) is 0 Å². The second-order valence-corrected chi connectivity index (χ2v) is 10.5. The number of rotatable bonds is 3. The number of fused-ring (bicyclic) bond motifs is 1. The minimum Gasteiger partial charge on any atom is -0.399 e. The molecule has 2 unspecified atom stereocenters. The molecule has 1 N–H and O–H groups in total. The van der Waals surface area contributed by atoms with Crippen LogP contribution in [-0.2, 0) is 9.31 Å². The van der Waals surface area contributed by atoms with Crippen molar-refractivity contribution in [2.24, 2.45) is 0 Å². The van der Waals surface area contributed by atoms with Crippen molar-refractivity contribution < 1.29 is 9.31 Å². The molecule has 2 saturated heterocycles. The molecular formula is C24H31BN3O2P. The quantitative estimate of drug-likeness (QED) is 0.472. The van der Waals surface area contributed by atoms with E-state index >= 15 is 0 Å². The zero-order valence-electron chi connectivity index (χ0n) is 18.8. The Kier molecular flexibility index (Phi) is 5.25. The molecule has 0 saturated carbocycles. The maximum atomic E-state index is 6.22. The van der Waals surface area contributed by atoms with E-state index in [2.05, 4.69) is 83.1 Å². The molecule has 0 amide bonds. The van der Waals surface area contributed by atoms with Crippen molar-refractivity contribution in [3.63, 3.8) is 0 Å². The van der Waals surface area contributed by atoms with E-state index in [1.165, 1.54) is 23.6 Å². The van der Waals surface area contributed by atoms with Crippen LogP contribution in [0.15, 0.2) is 42.6 Å². The Balaban J connectivity index is 1.40. The summed E-state index contributed by atoms with van der Waals surface area (Å²) in [5.41, 5.74) is 2.61. The first-order valence-corrected chi connectivity index (χ1v) is 11.7. The van der Waals surface area contributed by atoms with Crippen LogP contribution in [0.5, 0.6) is 0 Å². The predicted molar refractivity (Wildman–Crippen MR) is 130 cm³/mol. The predicted octanol–water partition coefficient (Wildman–Crippen LogP) is 4.85. The second kappa shape index (κ2) is 7.70. The van der Waals surface area contributed by atoms with Gasteiger partial charge in [0, 0.05) is 12.1 Å². The molecule has 0 spiro atoms. The Morgan fingerprint density at radius 3 is 2.48 bits per heavy atom. The van der Waals surface area contributed by atoms with Crippen LogP contribution in [0.4, 0.5) is 0 Å². The molecular weight excluding hydrogens is 404 g/mol. The van der Waals surface area contributed by atoms with Gasteiger partial charge in [-0.2, -0.15) is 0 Å². The fraction of sp³-hybridized carbons (Fsp3) is 0.458. The average Bonchev–Trinajstić information content (AvgIpc) is 3.30. The Hall–Kier alpha value is -1.72. The summed E-state index contributed by atoms with van der Waals surface area (Å²) in [6.45, 7) is 9.45. The lowest BCUT2D eigenvalue weighted by Gasteiger charge is -2.32. The molecule has 5 nitrogen and oxygen atoms in total. The molecule has 31 heavy (non-hydrogen) atoms. The molecule has 0 aliphatic carbocycles. The van der Waals surface area contributed by atoms with E-state index in [1.807, 2.05) is 6.20 Å². The van der Waals surface area contributed by atoms with Gasteiger partial charge in [-0.25, -0.2) is 4.98 Å². The third-order valence-corrected chi connectivity index (χ3v) is 7.77. The second-order valence-electron chi connectivity index (χ2n) is 9.84. The van der Waals surface area contributed by atoms with Crippen molar-refractivity contribution in [1.82, 2.24) is 14.6 Å². The van der Waals surface area contributed by atoms with E-state index in [-0.39, 0.29) is 18.3 Å². The highest BCUT2D eigenvalue weighted by molar-refractivity contribution is 7.13. The molecule has 2 aliphatic rings. The maximum Gasteiger partial charge on any atom is 0.494 e. The van der Waals surface area contributed by atoms with Crippen LogP contribution in [0, 0.1) is 0 Å². The summed E-state index contributed by atoms with van der Waals surface area (Å²) < 4.78 is 14.8. The van der Waals surface area contributed by atoms with Gasteiger partial charge in [-0.15, -0.1) is 0 Å². The van der Waals surface area contributed by atoms with E-state index in [1.54, 1.807) is 0 Å². The maximum absolute atomic E-state index is 6.22. The molecule has 2 fully saturated rings. The smallest absolute Gasteiger partial charge is 0.399 e. The van der Waals surface area contributed by atoms with E-state index in [0.29, 0.717) is 6.04 Å². The first-order valence-electron chi connectivity index (χ1n) is 11.2. The monoisotopic (exact) mass is 435 g/mol. The summed E-state index contributed by atoms with van der Waals surface area (Å²) in [7, 11) is 2.52. The molecule has 2 atom stereocenters. The van der Waals surface area contributed by atoms with Crippen molar-refractivity contribution in [2.45, 2.75) is 64.2 Å². The number of benzene rings is 2. The number of aromatic nitrogens is 2. The average molecular weight is 435 g/mol. The van der Waals surface area contributed by atoms with E-state index in [4.69, 9.17) is 14.3 Å². The standard InChI is InChI=1S/C24H31BN3O2P/c1-23(2)24(3,4)30-25(29-23)19-11-10-16-13-18(9-8-17(16)14-19)20-15-26-22(27-20)21-7-5-6-12-28(21)31/h8-11,13-15,21H,5-7,12,31H2,1-4H3,(H,26,27). The number of nitrogens with one attached hydrogen (secondary N) is 1. The summed E-state index contributed by atoms with van der Waals surface area (Å²) in [5.74, 6) is 1.06. The zero-order valence-corrected chi connectivity index (χ0v) is 20.0. The van der Waals surface area contributed by atoms with Crippen molar-refractivity contribution in [3.8, 4) is 11.3 Å². The zero-order chi connectivity index (χ0) is 21.8. The van der Waals surface area contributed by atoms with Gasteiger partial charge >= 0.3 is 7.12 Å².